The zero-order valence-electron chi connectivity index (χ0n) is 20.6. The van der Waals surface area contributed by atoms with E-state index in [0.29, 0.717) is 23.5 Å². The number of nitro groups is 1. The van der Waals surface area contributed by atoms with Gasteiger partial charge in [0.25, 0.3) is 5.69 Å². The molecule has 37 heavy (non-hydrogen) atoms. The predicted octanol–water partition coefficient (Wildman–Crippen LogP) is 6.23. The standard InChI is InChI=1S/C28H29NO8/c1-2-3-4-5-6-17-35-23-13-9-21(10-14-23)27(31)37-24-15-16-26(30)25(18-24)28(32)36-19-20-7-11-22(12-8-20)29(33)34/h7-16,18,30H,2-6,17,19H2,1H3. The highest BCUT2D eigenvalue weighted by molar-refractivity contribution is 5.94. The van der Waals surface area contributed by atoms with Crippen LogP contribution >= 0.6 is 0 Å². The molecule has 3 rings (SSSR count). The third kappa shape index (κ3) is 8.34. The smallest absolute Gasteiger partial charge is 0.343 e. The molecule has 0 aliphatic rings. The van der Waals surface area contributed by atoms with Crippen molar-refractivity contribution in [3.8, 4) is 17.2 Å². The van der Waals surface area contributed by atoms with Gasteiger partial charge in [-0.05, 0) is 66.6 Å². The molecule has 0 aromatic heterocycles. The molecule has 0 bridgehead atoms. The van der Waals surface area contributed by atoms with Gasteiger partial charge in [0.1, 0.15) is 29.4 Å². The maximum atomic E-state index is 12.5. The Hall–Kier alpha value is -4.40. The van der Waals surface area contributed by atoms with E-state index in [2.05, 4.69) is 6.92 Å². The quantitative estimate of drug-likeness (QED) is 0.0949. The lowest BCUT2D eigenvalue weighted by atomic mass is 10.1. The molecule has 0 heterocycles. The molecule has 194 valence electrons. The van der Waals surface area contributed by atoms with Crippen molar-refractivity contribution in [3.63, 3.8) is 0 Å². The molecular weight excluding hydrogens is 478 g/mol. The van der Waals surface area contributed by atoms with Crippen LogP contribution in [-0.4, -0.2) is 28.6 Å². The molecule has 0 atom stereocenters. The van der Waals surface area contributed by atoms with Crippen LogP contribution in [0.25, 0.3) is 0 Å². The third-order valence-corrected chi connectivity index (χ3v) is 5.52. The monoisotopic (exact) mass is 507 g/mol. The fraction of sp³-hybridized carbons (Fsp3) is 0.286. The summed E-state index contributed by atoms with van der Waals surface area (Å²) in [6.07, 6.45) is 5.71. The molecule has 0 amide bonds. The van der Waals surface area contributed by atoms with Crippen LogP contribution in [0.15, 0.2) is 66.7 Å². The van der Waals surface area contributed by atoms with Crippen molar-refractivity contribution in [1.29, 1.82) is 0 Å². The van der Waals surface area contributed by atoms with E-state index in [1.807, 2.05) is 0 Å². The summed E-state index contributed by atoms with van der Waals surface area (Å²) in [6, 6.07) is 15.9. The van der Waals surface area contributed by atoms with Gasteiger partial charge < -0.3 is 19.3 Å². The second-order valence-corrected chi connectivity index (χ2v) is 8.36. The second kappa shape index (κ2) is 13.6. The number of hydrogen-bond donors (Lipinski definition) is 1. The fourth-order valence-electron chi connectivity index (χ4n) is 3.43. The van der Waals surface area contributed by atoms with Crippen molar-refractivity contribution in [3.05, 3.63) is 93.5 Å². The first-order chi connectivity index (χ1) is 17.9. The first-order valence-corrected chi connectivity index (χ1v) is 12.1. The summed E-state index contributed by atoms with van der Waals surface area (Å²) in [5.41, 5.74) is 0.563. The van der Waals surface area contributed by atoms with E-state index < -0.39 is 16.9 Å². The number of phenols is 1. The predicted molar refractivity (Wildman–Crippen MR) is 136 cm³/mol. The molecule has 9 nitrogen and oxygen atoms in total. The van der Waals surface area contributed by atoms with Crippen molar-refractivity contribution in [1.82, 2.24) is 0 Å². The number of benzene rings is 3. The Morgan fingerprint density at radius 2 is 1.54 bits per heavy atom. The molecule has 9 heteroatoms. The van der Waals surface area contributed by atoms with Gasteiger partial charge in [0.15, 0.2) is 0 Å². The number of nitro benzene ring substituents is 1. The minimum atomic E-state index is -0.843. The molecule has 0 fully saturated rings. The van der Waals surface area contributed by atoms with Gasteiger partial charge >= 0.3 is 11.9 Å². The van der Waals surface area contributed by atoms with Crippen LogP contribution in [0.1, 0.15) is 65.3 Å². The minimum Gasteiger partial charge on any atom is -0.507 e. The molecule has 3 aromatic carbocycles. The number of phenolic OH excluding ortho intramolecular Hbond substituents is 1. The van der Waals surface area contributed by atoms with Gasteiger partial charge in [-0.1, -0.05) is 32.6 Å². The number of aromatic hydroxyl groups is 1. The number of nitrogens with zero attached hydrogens (tertiary/aromatic N) is 1. The Kier molecular flexibility index (Phi) is 10.0. The third-order valence-electron chi connectivity index (χ3n) is 5.52. The van der Waals surface area contributed by atoms with E-state index in [4.69, 9.17) is 14.2 Å². The summed E-state index contributed by atoms with van der Waals surface area (Å²) in [5, 5.41) is 20.8. The maximum absolute atomic E-state index is 12.5. The van der Waals surface area contributed by atoms with Crippen LogP contribution in [-0.2, 0) is 11.3 Å². The van der Waals surface area contributed by atoms with E-state index >= 15 is 0 Å². The van der Waals surface area contributed by atoms with Gasteiger partial charge in [0.05, 0.1) is 17.1 Å². The van der Waals surface area contributed by atoms with Crippen LogP contribution in [0.2, 0.25) is 0 Å². The summed E-state index contributed by atoms with van der Waals surface area (Å²) in [4.78, 5) is 35.2. The van der Waals surface area contributed by atoms with E-state index in [1.54, 1.807) is 24.3 Å². The lowest BCUT2D eigenvalue weighted by Crippen LogP contribution is -2.10. The molecule has 0 saturated carbocycles. The summed E-state index contributed by atoms with van der Waals surface area (Å²) < 4.78 is 16.3. The number of hydrogen-bond acceptors (Lipinski definition) is 8. The molecule has 0 unspecified atom stereocenters. The lowest BCUT2D eigenvalue weighted by molar-refractivity contribution is -0.384. The molecule has 1 N–H and O–H groups in total. The molecule has 3 aromatic rings. The molecule has 0 aliphatic carbocycles. The van der Waals surface area contributed by atoms with Crippen LogP contribution in [0.4, 0.5) is 5.69 Å². The van der Waals surface area contributed by atoms with Crippen LogP contribution in [0.3, 0.4) is 0 Å². The van der Waals surface area contributed by atoms with Gasteiger partial charge in [-0.3, -0.25) is 10.1 Å². The lowest BCUT2D eigenvalue weighted by Gasteiger charge is -2.10. The van der Waals surface area contributed by atoms with E-state index in [9.17, 15) is 24.8 Å². The summed E-state index contributed by atoms with van der Waals surface area (Å²) in [7, 11) is 0. The average molecular weight is 508 g/mol. The Labute approximate surface area is 214 Å². The maximum Gasteiger partial charge on any atom is 0.343 e. The second-order valence-electron chi connectivity index (χ2n) is 8.36. The van der Waals surface area contributed by atoms with Gasteiger partial charge in [0, 0.05) is 12.1 Å². The zero-order chi connectivity index (χ0) is 26.6. The summed E-state index contributed by atoms with van der Waals surface area (Å²) in [5.74, 6) is -1.11. The molecule has 0 saturated heterocycles. The van der Waals surface area contributed by atoms with Gasteiger partial charge in [-0.15, -0.1) is 0 Å². The molecule has 0 spiro atoms. The average Bonchev–Trinajstić information content (AvgIpc) is 2.91. The first-order valence-electron chi connectivity index (χ1n) is 12.1. The topological polar surface area (TPSA) is 125 Å². The SMILES string of the molecule is CCCCCCCOc1ccc(C(=O)Oc2ccc(O)c(C(=O)OCc3ccc([N+](=O)[O-])cc3)c2)cc1. The van der Waals surface area contributed by atoms with Crippen molar-refractivity contribution in [2.75, 3.05) is 6.61 Å². The van der Waals surface area contributed by atoms with Crippen LogP contribution in [0.5, 0.6) is 17.2 Å². The van der Waals surface area contributed by atoms with Gasteiger partial charge in [0.2, 0.25) is 0 Å². The van der Waals surface area contributed by atoms with E-state index in [1.165, 1.54) is 61.7 Å². The molecule has 0 aliphatic heterocycles. The molecule has 0 radical (unpaired) electrons. The summed E-state index contributed by atoms with van der Waals surface area (Å²) in [6.45, 7) is 2.63. The van der Waals surface area contributed by atoms with E-state index in [-0.39, 0.29) is 29.4 Å². The number of rotatable bonds is 13. The number of esters is 2. The van der Waals surface area contributed by atoms with Crippen molar-refractivity contribution < 1.29 is 33.8 Å². The largest absolute Gasteiger partial charge is 0.507 e. The highest BCUT2D eigenvalue weighted by Gasteiger charge is 2.17. The zero-order valence-corrected chi connectivity index (χ0v) is 20.6. The Morgan fingerprint density at radius 3 is 2.22 bits per heavy atom. The van der Waals surface area contributed by atoms with Gasteiger partial charge in [-0.2, -0.15) is 0 Å². The number of unbranched alkanes of at least 4 members (excludes halogenated alkanes) is 4. The highest BCUT2D eigenvalue weighted by atomic mass is 16.6. The number of ether oxygens (including phenoxy) is 3. The Morgan fingerprint density at radius 1 is 0.865 bits per heavy atom. The Balaban J connectivity index is 1.54. The molecular formula is C28H29NO8. The normalized spacial score (nSPS) is 10.5. The van der Waals surface area contributed by atoms with Crippen molar-refractivity contribution in [2.24, 2.45) is 0 Å². The highest BCUT2D eigenvalue weighted by Crippen LogP contribution is 2.25. The van der Waals surface area contributed by atoms with Crippen LogP contribution < -0.4 is 9.47 Å². The van der Waals surface area contributed by atoms with Crippen molar-refractivity contribution in [2.45, 2.75) is 45.6 Å². The number of carbonyl (C=O) groups is 2. The number of carbonyl (C=O) groups excluding carboxylic acids is 2. The van der Waals surface area contributed by atoms with Gasteiger partial charge in [-0.25, -0.2) is 9.59 Å². The van der Waals surface area contributed by atoms with E-state index in [0.717, 1.165) is 12.8 Å². The van der Waals surface area contributed by atoms with Crippen molar-refractivity contribution >= 4 is 17.6 Å². The number of non-ortho nitro benzene ring substituents is 1. The first kappa shape index (κ1) is 27.2. The van der Waals surface area contributed by atoms with Crippen LogP contribution in [0, 0.1) is 10.1 Å². The minimum absolute atomic E-state index is 0.0532. The fourth-order valence-corrected chi connectivity index (χ4v) is 3.43. The Bertz CT molecular complexity index is 1210. The summed E-state index contributed by atoms with van der Waals surface area (Å²) >= 11 is 0.